The Morgan fingerprint density at radius 2 is 2.14 bits per heavy atom. The summed E-state index contributed by atoms with van der Waals surface area (Å²) in [4.78, 5) is 16.1. The van der Waals surface area contributed by atoms with E-state index in [1.807, 2.05) is 6.07 Å². The van der Waals surface area contributed by atoms with Gasteiger partial charge in [0.05, 0.1) is 16.5 Å². The second kappa shape index (κ2) is 5.27. The molecule has 8 heteroatoms. The van der Waals surface area contributed by atoms with Crippen molar-refractivity contribution in [3.05, 3.63) is 18.2 Å². The molecule has 1 aromatic carbocycles. The smallest absolute Gasteiger partial charge is 0.231 e. The molecule has 1 aliphatic carbocycles. The Morgan fingerprint density at radius 1 is 1.38 bits per heavy atom. The molecule has 1 saturated carbocycles. The fourth-order valence-corrected chi connectivity index (χ4v) is 3.86. The Hall–Kier alpha value is -1.67. The highest BCUT2D eigenvalue weighted by Gasteiger charge is 2.25. The van der Waals surface area contributed by atoms with Crippen LogP contribution in [-0.4, -0.2) is 25.6 Å². The van der Waals surface area contributed by atoms with Gasteiger partial charge in [-0.15, -0.1) is 0 Å². The van der Waals surface area contributed by atoms with E-state index in [4.69, 9.17) is 0 Å². The molecular weight excluding hydrogens is 310 g/mol. The minimum Gasteiger partial charge on any atom is -0.326 e. The summed E-state index contributed by atoms with van der Waals surface area (Å²) in [6, 6.07) is 5.37. The maximum absolute atomic E-state index is 11.9. The van der Waals surface area contributed by atoms with E-state index in [0.29, 0.717) is 16.3 Å². The summed E-state index contributed by atoms with van der Waals surface area (Å²) in [6.07, 6.45) is 4.12. The molecule has 6 nitrogen and oxygen atoms in total. The first kappa shape index (κ1) is 14.3. The second-order valence-corrected chi connectivity index (χ2v) is 7.97. The van der Waals surface area contributed by atoms with Gasteiger partial charge in [0, 0.05) is 11.6 Å². The zero-order chi connectivity index (χ0) is 15.0. The van der Waals surface area contributed by atoms with Gasteiger partial charge in [-0.3, -0.25) is 9.52 Å². The molecule has 21 heavy (non-hydrogen) atoms. The van der Waals surface area contributed by atoms with Crippen molar-refractivity contribution in [2.45, 2.75) is 19.3 Å². The monoisotopic (exact) mass is 325 g/mol. The lowest BCUT2D eigenvalue weighted by Gasteiger charge is -2.23. The van der Waals surface area contributed by atoms with Crippen molar-refractivity contribution in [2.75, 3.05) is 16.3 Å². The van der Waals surface area contributed by atoms with Crippen LogP contribution in [0.5, 0.6) is 0 Å². The van der Waals surface area contributed by atoms with E-state index in [9.17, 15) is 13.2 Å². The van der Waals surface area contributed by atoms with E-state index >= 15 is 0 Å². The third-order valence-corrected chi connectivity index (χ3v) is 5.03. The number of carbonyl (C=O) groups is 1. The van der Waals surface area contributed by atoms with Gasteiger partial charge < -0.3 is 5.32 Å². The molecule has 0 bridgehead atoms. The van der Waals surface area contributed by atoms with Gasteiger partial charge in [0.2, 0.25) is 15.9 Å². The molecule has 112 valence electrons. The van der Waals surface area contributed by atoms with E-state index < -0.39 is 10.0 Å². The van der Waals surface area contributed by atoms with Crippen molar-refractivity contribution in [3.8, 4) is 0 Å². The summed E-state index contributed by atoms with van der Waals surface area (Å²) in [5.74, 6) is 0.184. The SMILES string of the molecule is CS(=O)(=O)Nc1nc2ccc(NC(=O)C3CCC3)cc2s1. The molecule has 0 aliphatic heterocycles. The number of thiazole rings is 1. The molecule has 1 heterocycles. The third kappa shape index (κ3) is 3.33. The first-order chi connectivity index (χ1) is 9.90. The minimum absolute atomic E-state index is 0.0552. The van der Waals surface area contributed by atoms with Crippen LogP contribution >= 0.6 is 11.3 Å². The normalized spacial score (nSPS) is 15.7. The Kier molecular flexibility index (Phi) is 3.58. The summed E-state index contributed by atoms with van der Waals surface area (Å²) < 4.78 is 25.6. The van der Waals surface area contributed by atoms with E-state index in [1.165, 1.54) is 11.3 Å². The van der Waals surface area contributed by atoms with E-state index in [0.717, 1.165) is 30.2 Å². The van der Waals surface area contributed by atoms with Gasteiger partial charge in [0.25, 0.3) is 0 Å². The third-order valence-electron chi connectivity index (χ3n) is 3.40. The summed E-state index contributed by atoms with van der Waals surface area (Å²) in [5, 5.41) is 3.22. The van der Waals surface area contributed by atoms with Crippen LogP contribution in [0.4, 0.5) is 10.8 Å². The standard InChI is InChI=1S/C13H15N3O3S2/c1-21(18,19)16-13-15-10-6-5-9(7-11(10)20-13)14-12(17)8-3-2-4-8/h5-8H,2-4H2,1H3,(H,14,17)(H,15,16). The Balaban J connectivity index is 1.80. The number of anilines is 2. The lowest BCUT2D eigenvalue weighted by atomic mass is 9.85. The van der Waals surface area contributed by atoms with Crippen LogP contribution in [-0.2, 0) is 14.8 Å². The predicted molar refractivity (Wildman–Crippen MR) is 84.1 cm³/mol. The van der Waals surface area contributed by atoms with Gasteiger partial charge in [0.15, 0.2) is 5.13 Å². The summed E-state index contributed by atoms with van der Waals surface area (Å²) >= 11 is 1.24. The molecular formula is C13H15N3O3S2. The Labute approximate surface area is 126 Å². The molecule has 2 N–H and O–H groups in total. The topological polar surface area (TPSA) is 88.2 Å². The van der Waals surface area contributed by atoms with Crippen molar-refractivity contribution in [1.82, 2.24) is 4.98 Å². The molecule has 0 atom stereocenters. The van der Waals surface area contributed by atoms with Gasteiger partial charge in [-0.05, 0) is 31.0 Å². The van der Waals surface area contributed by atoms with Gasteiger partial charge >= 0.3 is 0 Å². The number of sulfonamides is 1. The largest absolute Gasteiger partial charge is 0.326 e. The lowest BCUT2D eigenvalue weighted by molar-refractivity contribution is -0.122. The number of benzene rings is 1. The highest BCUT2D eigenvalue weighted by Crippen LogP contribution is 2.31. The van der Waals surface area contributed by atoms with Crippen LogP contribution in [0.3, 0.4) is 0 Å². The molecule has 1 fully saturated rings. The minimum atomic E-state index is -3.33. The van der Waals surface area contributed by atoms with Crippen LogP contribution in [0.2, 0.25) is 0 Å². The zero-order valence-electron chi connectivity index (χ0n) is 11.4. The second-order valence-electron chi connectivity index (χ2n) is 5.19. The van der Waals surface area contributed by atoms with Crippen LogP contribution in [0.25, 0.3) is 10.2 Å². The number of fused-ring (bicyclic) bond motifs is 1. The van der Waals surface area contributed by atoms with E-state index in [-0.39, 0.29) is 11.8 Å². The maximum atomic E-state index is 11.9. The van der Waals surface area contributed by atoms with Crippen LogP contribution < -0.4 is 10.0 Å². The highest BCUT2D eigenvalue weighted by atomic mass is 32.2. The number of carbonyl (C=O) groups excluding carboxylic acids is 1. The number of hydrogen-bond acceptors (Lipinski definition) is 5. The predicted octanol–water partition coefficient (Wildman–Crippen LogP) is 2.41. The average molecular weight is 325 g/mol. The van der Waals surface area contributed by atoms with Crippen molar-refractivity contribution >= 4 is 48.3 Å². The van der Waals surface area contributed by atoms with Crippen LogP contribution in [0.15, 0.2) is 18.2 Å². The van der Waals surface area contributed by atoms with Crippen molar-refractivity contribution in [3.63, 3.8) is 0 Å². The summed E-state index contributed by atoms with van der Waals surface area (Å²) in [7, 11) is -3.33. The quantitative estimate of drug-likeness (QED) is 0.903. The Morgan fingerprint density at radius 3 is 2.76 bits per heavy atom. The van der Waals surface area contributed by atoms with E-state index in [2.05, 4.69) is 15.0 Å². The molecule has 1 amide bonds. The molecule has 0 saturated heterocycles. The van der Waals surface area contributed by atoms with Crippen molar-refractivity contribution in [2.24, 2.45) is 5.92 Å². The number of hydrogen-bond donors (Lipinski definition) is 2. The van der Waals surface area contributed by atoms with Crippen molar-refractivity contribution < 1.29 is 13.2 Å². The molecule has 3 rings (SSSR count). The molecule has 1 aliphatic rings. The molecule has 1 aromatic heterocycles. The zero-order valence-corrected chi connectivity index (χ0v) is 13.1. The summed E-state index contributed by atoms with van der Waals surface area (Å²) in [5.41, 5.74) is 1.42. The average Bonchev–Trinajstić information content (AvgIpc) is 2.64. The molecule has 0 radical (unpaired) electrons. The highest BCUT2D eigenvalue weighted by molar-refractivity contribution is 7.92. The first-order valence-corrected chi connectivity index (χ1v) is 9.31. The van der Waals surface area contributed by atoms with Gasteiger partial charge in [-0.2, -0.15) is 0 Å². The fourth-order valence-electron chi connectivity index (χ4n) is 2.12. The molecule has 0 unspecified atom stereocenters. The van der Waals surface area contributed by atoms with Gasteiger partial charge in [-0.1, -0.05) is 17.8 Å². The number of amides is 1. The number of rotatable bonds is 4. The lowest BCUT2D eigenvalue weighted by Crippen LogP contribution is -2.27. The van der Waals surface area contributed by atoms with Gasteiger partial charge in [-0.25, -0.2) is 13.4 Å². The van der Waals surface area contributed by atoms with E-state index in [1.54, 1.807) is 12.1 Å². The van der Waals surface area contributed by atoms with Crippen molar-refractivity contribution in [1.29, 1.82) is 0 Å². The van der Waals surface area contributed by atoms with Gasteiger partial charge in [0.1, 0.15) is 0 Å². The van der Waals surface area contributed by atoms with Crippen LogP contribution in [0.1, 0.15) is 19.3 Å². The fraction of sp³-hybridized carbons (Fsp3) is 0.385. The first-order valence-electron chi connectivity index (χ1n) is 6.60. The summed E-state index contributed by atoms with van der Waals surface area (Å²) in [6.45, 7) is 0. The Bertz CT molecular complexity index is 794. The molecule has 0 spiro atoms. The van der Waals surface area contributed by atoms with Crippen LogP contribution in [0, 0.1) is 5.92 Å². The number of aromatic nitrogens is 1. The number of nitrogens with zero attached hydrogens (tertiary/aromatic N) is 1. The number of nitrogens with one attached hydrogen (secondary N) is 2. The molecule has 2 aromatic rings. The maximum Gasteiger partial charge on any atom is 0.231 e.